The van der Waals surface area contributed by atoms with E-state index in [2.05, 4.69) is 0 Å². The zero-order chi connectivity index (χ0) is 20.0. The maximum atomic E-state index is 13.2. The molecule has 10 heteroatoms. The Morgan fingerprint density at radius 3 is 2.33 bits per heavy atom. The molecule has 0 amide bonds. The number of β-amino-alcohol motifs (C(OH)–C–C–N with tert-alkyl or cyclic N) is 1. The van der Waals surface area contributed by atoms with Crippen LogP contribution in [-0.2, 0) is 29.0 Å². The van der Waals surface area contributed by atoms with Crippen molar-refractivity contribution >= 4 is 16.0 Å². The van der Waals surface area contributed by atoms with Gasteiger partial charge in [0.1, 0.15) is 18.0 Å². The molecule has 0 saturated carbocycles. The smallest absolute Gasteiger partial charge is 0.327 e. The van der Waals surface area contributed by atoms with Gasteiger partial charge in [0, 0.05) is 6.54 Å². The van der Waals surface area contributed by atoms with Crippen molar-refractivity contribution in [2.75, 3.05) is 20.8 Å². The van der Waals surface area contributed by atoms with Crippen LogP contribution in [0.3, 0.4) is 0 Å². The number of ether oxygens (including phenoxy) is 4. The fourth-order valence-electron chi connectivity index (χ4n) is 3.43. The van der Waals surface area contributed by atoms with E-state index in [0.29, 0.717) is 5.75 Å². The fraction of sp³-hybridized carbons (Fsp3) is 0.588. The predicted molar refractivity (Wildman–Crippen MR) is 92.5 cm³/mol. The van der Waals surface area contributed by atoms with Gasteiger partial charge >= 0.3 is 5.97 Å². The van der Waals surface area contributed by atoms with E-state index < -0.39 is 46.1 Å². The van der Waals surface area contributed by atoms with Crippen LogP contribution in [0.1, 0.15) is 13.8 Å². The number of carbonyl (C=O) groups excluding carboxylic acids is 1. The average molecular weight is 401 g/mol. The van der Waals surface area contributed by atoms with E-state index in [4.69, 9.17) is 18.9 Å². The van der Waals surface area contributed by atoms with Crippen LogP contribution in [0.25, 0.3) is 0 Å². The number of fused-ring (bicyclic) bond motifs is 1. The van der Waals surface area contributed by atoms with Crippen molar-refractivity contribution in [2.45, 2.75) is 48.9 Å². The molecule has 9 nitrogen and oxygen atoms in total. The highest BCUT2D eigenvalue weighted by molar-refractivity contribution is 7.89. The summed E-state index contributed by atoms with van der Waals surface area (Å²) in [6.45, 7) is 2.94. The van der Waals surface area contributed by atoms with E-state index in [9.17, 15) is 18.3 Å². The van der Waals surface area contributed by atoms with Crippen LogP contribution in [0.5, 0.6) is 5.75 Å². The summed E-state index contributed by atoms with van der Waals surface area (Å²) in [4.78, 5) is 12.4. The number of hydrogen-bond acceptors (Lipinski definition) is 8. The minimum absolute atomic E-state index is 0.0407. The third kappa shape index (κ3) is 3.55. The van der Waals surface area contributed by atoms with Gasteiger partial charge in [0.2, 0.25) is 10.0 Å². The lowest BCUT2D eigenvalue weighted by atomic mass is 9.96. The summed E-state index contributed by atoms with van der Waals surface area (Å²) < 4.78 is 48.6. The summed E-state index contributed by atoms with van der Waals surface area (Å²) in [5, 5.41) is 10.5. The molecule has 0 spiro atoms. The number of rotatable bonds is 4. The number of piperidine rings is 1. The van der Waals surface area contributed by atoms with Crippen molar-refractivity contribution in [3.05, 3.63) is 24.3 Å². The summed E-state index contributed by atoms with van der Waals surface area (Å²) in [6.07, 6.45) is -3.00. The number of hydrogen-bond donors (Lipinski definition) is 1. The first-order chi connectivity index (χ1) is 12.6. The highest BCUT2D eigenvalue weighted by Crippen LogP contribution is 2.39. The Hall–Kier alpha value is -1.72. The number of nitrogens with zero attached hydrogens (tertiary/aromatic N) is 1. The Bertz CT molecular complexity index is 807. The third-order valence-corrected chi connectivity index (χ3v) is 6.50. The molecule has 27 heavy (non-hydrogen) atoms. The number of benzene rings is 1. The van der Waals surface area contributed by atoms with E-state index in [1.54, 1.807) is 13.8 Å². The van der Waals surface area contributed by atoms with Crippen LogP contribution in [-0.4, -0.2) is 74.7 Å². The normalized spacial score (nSPS) is 30.6. The van der Waals surface area contributed by atoms with Gasteiger partial charge in [0.25, 0.3) is 0 Å². The third-order valence-electron chi connectivity index (χ3n) is 4.64. The van der Waals surface area contributed by atoms with Gasteiger partial charge in [-0.3, -0.25) is 4.79 Å². The quantitative estimate of drug-likeness (QED) is 0.709. The summed E-state index contributed by atoms with van der Waals surface area (Å²) in [6, 6.07) is 4.47. The van der Waals surface area contributed by atoms with Gasteiger partial charge in [-0.1, -0.05) is 0 Å². The van der Waals surface area contributed by atoms with Crippen LogP contribution >= 0.6 is 0 Å². The molecular weight excluding hydrogens is 378 g/mol. The van der Waals surface area contributed by atoms with Crippen molar-refractivity contribution in [2.24, 2.45) is 0 Å². The topological polar surface area (TPSA) is 112 Å². The average Bonchev–Trinajstić information content (AvgIpc) is 2.96. The van der Waals surface area contributed by atoms with E-state index in [1.165, 1.54) is 38.5 Å². The number of methoxy groups -OCH3 is 2. The molecule has 2 heterocycles. The Morgan fingerprint density at radius 1 is 1.19 bits per heavy atom. The second-order valence-corrected chi connectivity index (χ2v) is 8.74. The number of sulfonamides is 1. The molecule has 3 rings (SSSR count). The molecule has 2 aliphatic heterocycles. The van der Waals surface area contributed by atoms with Gasteiger partial charge in [-0.15, -0.1) is 0 Å². The van der Waals surface area contributed by atoms with Crippen LogP contribution in [0.2, 0.25) is 0 Å². The molecule has 2 aliphatic rings. The van der Waals surface area contributed by atoms with Gasteiger partial charge in [-0.25, -0.2) is 8.42 Å². The minimum Gasteiger partial charge on any atom is -0.497 e. The molecule has 0 unspecified atom stereocenters. The molecule has 1 N–H and O–H groups in total. The molecule has 1 aromatic rings. The molecule has 0 radical (unpaired) electrons. The van der Waals surface area contributed by atoms with Crippen LogP contribution in [0.15, 0.2) is 29.2 Å². The first kappa shape index (κ1) is 20.0. The molecule has 2 fully saturated rings. The second kappa shape index (κ2) is 7.02. The number of carbonyl (C=O) groups is 1. The SMILES string of the molecule is COC(=O)[C@H]1[C@H]2OC(C)(C)O[C@@H]2[C@@H](O)CN1S(=O)(=O)c1ccc(OC)cc1. The van der Waals surface area contributed by atoms with Crippen LogP contribution in [0, 0.1) is 0 Å². The highest BCUT2D eigenvalue weighted by Gasteiger charge is 2.58. The molecule has 1 aromatic carbocycles. The molecule has 0 aromatic heterocycles. The zero-order valence-corrected chi connectivity index (χ0v) is 16.3. The molecule has 0 bridgehead atoms. The van der Waals surface area contributed by atoms with Crippen molar-refractivity contribution < 1.29 is 37.3 Å². The summed E-state index contributed by atoms with van der Waals surface area (Å²) >= 11 is 0. The van der Waals surface area contributed by atoms with Gasteiger partial charge in [-0.05, 0) is 38.1 Å². The molecule has 150 valence electrons. The van der Waals surface area contributed by atoms with Gasteiger partial charge in [-0.2, -0.15) is 4.31 Å². The van der Waals surface area contributed by atoms with Gasteiger partial charge in [0.15, 0.2) is 11.8 Å². The van der Waals surface area contributed by atoms with Gasteiger partial charge < -0.3 is 24.1 Å². The largest absolute Gasteiger partial charge is 0.497 e. The maximum absolute atomic E-state index is 13.2. The number of aliphatic hydroxyl groups excluding tert-OH is 1. The Labute approximate surface area is 157 Å². The van der Waals surface area contributed by atoms with Crippen molar-refractivity contribution in [1.82, 2.24) is 4.31 Å². The summed E-state index contributed by atoms with van der Waals surface area (Å²) in [5.74, 6) is -1.36. The van der Waals surface area contributed by atoms with Gasteiger partial charge in [0.05, 0.1) is 25.2 Å². The van der Waals surface area contributed by atoms with E-state index >= 15 is 0 Å². The monoisotopic (exact) mass is 401 g/mol. The Balaban J connectivity index is 2.02. The van der Waals surface area contributed by atoms with Crippen LogP contribution in [0.4, 0.5) is 0 Å². The standard InChI is InChI=1S/C17H23NO8S/c1-17(2)25-14-12(19)9-18(13(15(14)26-17)16(20)24-4)27(21,22)11-7-5-10(23-3)6-8-11/h5-8,12-15,19H,9H2,1-4H3/t12-,13+,14+,15+/m0/s1. The summed E-state index contributed by atoms with van der Waals surface area (Å²) in [7, 11) is -1.48. The molecular formula is C17H23NO8S. The lowest BCUT2D eigenvalue weighted by Crippen LogP contribution is -2.64. The number of aliphatic hydroxyl groups is 1. The molecule has 4 atom stereocenters. The maximum Gasteiger partial charge on any atom is 0.327 e. The first-order valence-corrected chi connectivity index (χ1v) is 9.82. The lowest BCUT2D eigenvalue weighted by Gasteiger charge is -2.40. The van der Waals surface area contributed by atoms with E-state index in [0.717, 1.165) is 4.31 Å². The number of esters is 1. The highest BCUT2D eigenvalue weighted by atomic mass is 32.2. The van der Waals surface area contributed by atoms with Crippen LogP contribution < -0.4 is 4.74 Å². The minimum atomic E-state index is -4.12. The zero-order valence-electron chi connectivity index (χ0n) is 15.5. The van der Waals surface area contributed by atoms with Crippen molar-refractivity contribution in [3.8, 4) is 5.75 Å². The fourth-order valence-corrected chi connectivity index (χ4v) is 5.03. The Morgan fingerprint density at radius 2 is 1.78 bits per heavy atom. The molecule has 2 saturated heterocycles. The second-order valence-electron chi connectivity index (χ2n) is 6.85. The predicted octanol–water partition coefficient (Wildman–Crippen LogP) is 0.122. The van der Waals surface area contributed by atoms with Crippen molar-refractivity contribution in [3.63, 3.8) is 0 Å². The first-order valence-electron chi connectivity index (χ1n) is 8.38. The lowest BCUT2D eigenvalue weighted by molar-refractivity contribution is -0.160. The van der Waals surface area contributed by atoms with E-state index in [1.807, 2.05) is 0 Å². The molecule has 0 aliphatic carbocycles. The van der Waals surface area contributed by atoms with Crippen molar-refractivity contribution in [1.29, 1.82) is 0 Å². The summed E-state index contributed by atoms with van der Waals surface area (Å²) in [5.41, 5.74) is 0. The Kier molecular flexibility index (Phi) is 5.21. The van der Waals surface area contributed by atoms with E-state index in [-0.39, 0.29) is 11.4 Å².